The van der Waals surface area contributed by atoms with E-state index in [0.717, 1.165) is 0 Å². The molecule has 25 heavy (non-hydrogen) atoms. The van der Waals surface area contributed by atoms with Gasteiger partial charge in [-0.2, -0.15) is 0 Å². The molecule has 0 spiro atoms. The van der Waals surface area contributed by atoms with Crippen LogP contribution in [0.5, 0.6) is 0 Å². The molecule has 0 fully saturated rings. The molecule has 0 aromatic heterocycles. The molecule has 0 radical (unpaired) electrons. The summed E-state index contributed by atoms with van der Waals surface area (Å²) in [5.74, 6) is 0.100. The maximum absolute atomic E-state index is 12.5. The Labute approximate surface area is 149 Å². The molecule has 0 saturated carbocycles. The van der Waals surface area contributed by atoms with Crippen LogP contribution < -0.4 is 10.0 Å². The normalized spacial score (nSPS) is 12.7. The van der Waals surface area contributed by atoms with Crippen molar-refractivity contribution >= 4 is 21.6 Å². The van der Waals surface area contributed by atoms with Crippen LogP contribution >= 0.6 is 0 Å². The second-order valence-corrected chi connectivity index (χ2v) is 8.09. The van der Waals surface area contributed by atoms with Crippen molar-refractivity contribution in [3.8, 4) is 0 Å². The number of sulfonamides is 1. The van der Waals surface area contributed by atoms with E-state index in [1.54, 1.807) is 43.3 Å². The van der Waals surface area contributed by atoms with Crippen LogP contribution in [-0.4, -0.2) is 20.4 Å². The zero-order valence-corrected chi connectivity index (χ0v) is 15.7. The third-order valence-corrected chi connectivity index (χ3v) is 5.62. The van der Waals surface area contributed by atoms with Gasteiger partial charge < -0.3 is 5.32 Å². The molecule has 1 amide bonds. The quantitative estimate of drug-likeness (QED) is 0.827. The fourth-order valence-electron chi connectivity index (χ4n) is 2.25. The van der Waals surface area contributed by atoms with E-state index in [4.69, 9.17) is 0 Å². The van der Waals surface area contributed by atoms with Crippen LogP contribution in [0.4, 0.5) is 5.69 Å². The topological polar surface area (TPSA) is 75.3 Å². The summed E-state index contributed by atoms with van der Waals surface area (Å²) in [5.41, 5.74) is 1.45. The van der Waals surface area contributed by atoms with Gasteiger partial charge in [-0.1, -0.05) is 38.1 Å². The first-order valence-corrected chi connectivity index (χ1v) is 9.69. The lowest BCUT2D eigenvalue weighted by molar-refractivity contribution is 0.0930. The summed E-state index contributed by atoms with van der Waals surface area (Å²) >= 11 is 0. The van der Waals surface area contributed by atoms with Crippen molar-refractivity contribution in [2.24, 2.45) is 5.92 Å². The molecule has 0 bridgehead atoms. The molecule has 6 heteroatoms. The number of hydrogen-bond acceptors (Lipinski definition) is 3. The third-order valence-electron chi connectivity index (χ3n) is 4.24. The molecule has 1 atom stereocenters. The van der Waals surface area contributed by atoms with Gasteiger partial charge in [0.2, 0.25) is 0 Å². The zero-order valence-electron chi connectivity index (χ0n) is 14.9. The Hall–Kier alpha value is -2.34. The molecule has 2 aromatic carbocycles. The lowest BCUT2D eigenvalue weighted by Crippen LogP contribution is -2.36. The van der Waals surface area contributed by atoms with Gasteiger partial charge in [0, 0.05) is 11.6 Å². The lowest BCUT2D eigenvalue weighted by atomic mass is 10.0. The van der Waals surface area contributed by atoms with Gasteiger partial charge in [0.15, 0.2) is 0 Å². The summed E-state index contributed by atoms with van der Waals surface area (Å²) < 4.78 is 27.5. The van der Waals surface area contributed by atoms with Crippen LogP contribution in [-0.2, 0) is 10.0 Å². The predicted molar refractivity (Wildman–Crippen MR) is 100 cm³/mol. The summed E-state index contributed by atoms with van der Waals surface area (Å²) in [6, 6.07) is 13.2. The van der Waals surface area contributed by atoms with E-state index in [-0.39, 0.29) is 16.8 Å². The molecule has 134 valence electrons. The Kier molecular flexibility index (Phi) is 5.85. The fraction of sp³-hybridized carbons (Fsp3) is 0.316. The van der Waals surface area contributed by atoms with Crippen molar-refractivity contribution in [1.82, 2.24) is 5.32 Å². The first-order chi connectivity index (χ1) is 11.7. The number of rotatable bonds is 6. The second kappa shape index (κ2) is 7.70. The van der Waals surface area contributed by atoms with Crippen LogP contribution in [0.1, 0.15) is 36.7 Å². The zero-order chi connectivity index (χ0) is 18.6. The summed E-state index contributed by atoms with van der Waals surface area (Å²) in [7, 11) is -3.70. The van der Waals surface area contributed by atoms with Crippen molar-refractivity contribution in [2.45, 2.75) is 38.6 Å². The Morgan fingerprint density at radius 2 is 1.60 bits per heavy atom. The van der Waals surface area contributed by atoms with Crippen LogP contribution in [0.15, 0.2) is 53.4 Å². The van der Waals surface area contributed by atoms with E-state index in [1.807, 2.05) is 20.8 Å². The number of benzene rings is 2. The largest absolute Gasteiger partial charge is 0.349 e. The van der Waals surface area contributed by atoms with Gasteiger partial charge >= 0.3 is 0 Å². The molecule has 0 unspecified atom stereocenters. The average Bonchev–Trinajstić information content (AvgIpc) is 2.57. The van der Waals surface area contributed by atoms with Gasteiger partial charge in [0.25, 0.3) is 15.9 Å². The maximum Gasteiger partial charge on any atom is 0.261 e. The Bertz CT molecular complexity index is 846. The van der Waals surface area contributed by atoms with Crippen molar-refractivity contribution in [3.63, 3.8) is 0 Å². The summed E-state index contributed by atoms with van der Waals surface area (Å²) in [6.45, 7) is 7.74. The number of anilines is 1. The second-order valence-electron chi connectivity index (χ2n) is 6.40. The van der Waals surface area contributed by atoms with Crippen LogP contribution in [0.25, 0.3) is 0 Å². The fourth-order valence-corrected chi connectivity index (χ4v) is 3.39. The molecule has 2 aromatic rings. The number of carbonyl (C=O) groups excluding carboxylic acids is 1. The first kappa shape index (κ1) is 19.0. The van der Waals surface area contributed by atoms with Crippen molar-refractivity contribution < 1.29 is 13.2 Å². The first-order valence-electron chi connectivity index (χ1n) is 8.20. The molecule has 2 rings (SSSR count). The average molecular weight is 360 g/mol. The highest BCUT2D eigenvalue weighted by atomic mass is 32.2. The molecule has 0 saturated heterocycles. The van der Waals surface area contributed by atoms with E-state index >= 15 is 0 Å². The molecule has 0 aliphatic heterocycles. The standard InChI is InChI=1S/C19H24N2O3S/c1-13(2)15(4)20-19(22)17-11-8-12-18(14(17)3)21-25(23,24)16-9-6-5-7-10-16/h5-13,15,21H,1-4H3,(H,20,22)/t15-/m1/s1. The van der Waals surface area contributed by atoms with Crippen molar-refractivity contribution in [3.05, 3.63) is 59.7 Å². The molecular weight excluding hydrogens is 336 g/mol. The van der Waals surface area contributed by atoms with E-state index in [2.05, 4.69) is 10.0 Å². The van der Waals surface area contributed by atoms with Gasteiger partial charge in [-0.15, -0.1) is 0 Å². The summed E-state index contributed by atoms with van der Waals surface area (Å²) in [6.07, 6.45) is 0. The van der Waals surface area contributed by atoms with Gasteiger partial charge in [-0.3, -0.25) is 9.52 Å². The molecule has 5 nitrogen and oxygen atoms in total. The molecule has 0 aliphatic rings. The predicted octanol–water partition coefficient (Wildman–Crippen LogP) is 3.57. The molecular formula is C19H24N2O3S. The Morgan fingerprint density at radius 3 is 2.20 bits per heavy atom. The maximum atomic E-state index is 12.5. The minimum Gasteiger partial charge on any atom is -0.349 e. The van der Waals surface area contributed by atoms with Crippen molar-refractivity contribution in [2.75, 3.05) is 4.72 Å². The monoisotopic (exact) mass is 360 g/mol. The SMILES string of the molecule is Cc1c(NS(=O)(=O)c2ccccc2)cccc1C(=O)N[C@H](C)C(C)C. The Morgan fingerprint density at radius 1 is 0.960 bits per heavy atom. The Balaban J connectivity index is 2.28. The van der Waals surface area contributed by atoms with Gasteiger partial charge in [0.1, 0.15) is 0 Å². The van der Waals surface area contributed by atoms with E-state index in [0.29, 0.717) is 22.7 Å². The van der Waals surface area contributed by atoms with Gasteiger partial charge in [-0.05, 0) is 49.6 Å². The summed E-state index contributed by atoms with van der Waals surface area (Å²) in [4.78, 5) is 12.7. The van der Waals surface area contributed by atoms with Crippen LogP contribution in [0, 0.1) is 12.8 Å². The van der Waals surface area contributed by atoms with Crippen molar-refractivity contribution in [1.29, 1.82) is 0 Å². The molecule has 0 heterocycles. The minimum atomic E-state index is -3.70. The summed E-state index contributed by atoms with van der Waals surface area (Å²) in [5, 5.41) is 2.94. The van der Waals surface area contributed by atoms with E-state index in [9.17, 15) is 13.2 Å². The molecule has 0 aliphatic carbocycles. The van der Waals surface area contributed by atoms with E-state index < -0.39 is 10.0 Å². The minimum absolute atomic E-state index is 0.0246. The van der Waals surface area contributed by atoms with Gasteiger partial charge in [-0.25, -0.2) is 8.42 Å². The van der Waals surface area contributed by atoms with Gasteiger partial charge in [0.05, 0.1) is 10.6 Å². The number of hydrogen-bond donors (Lipinski definition) is 2. The smallest absolute Gasteiger partial charge is 0.261 e. The number of nitrogens with one attached hydrogen (secondary N) is 2. The lowest BCUT2D eigenvalue weighted by Gasteiger charge is -2.19. The highest BCUT2D eigenvalue weighted by molar-refractivity contribution is 7.92. The van der Waals surface area contributed by atoms with Crippen LogP contribution in [0.3, 0.4) is 0 Å². The third kappa shape index (κ3) is 4.60. The number of carbonyl (C=O) groups is 1. The number of amides is 1. The highest BCUT2D eigenvalue weighted by Crippen LogP contribution is 2.22. The molecule has 2 N–H and O–H groups in total. The highest BCUT2D eigenvalue weighted by Gasteiger charge is 2.19. The van der Waals surface area contributed by atoms with E-state index in [1.165, 1.54) is 12.1 Å². The van der Waals surface area contributed by atoms with Crippen LogP contribution in [0.2, 0.25) is 0 Å².